The van der Waals surface area contributed by atoms with Gasteiger partial charge in [-0.2, -0.15) is 0 Å². The van der Waals surface area contributed by atoms with Gasteiger partial charge in [0.25, 0.3) is 5.91 Å². The van der Waals surface area contributed by atoms with Crippen molar-refractivity contribution in [3.63, 3.8) is 0 Å². The molecule has 1 amide bonds. The van der Waals surface area contributed by atoms with Gasteiger partial charge in [0.2, 0.25) is 0 Å². The smallest absolute Gasteiger partial charge is 0.270 e. The molecule has 1 N–H and O–H groups in total. The van der Waals surface area contributed by atoms with Gasteiger partial charge < -0.3 is 5.32 Å². The molecule has 0 spiro atoms. The highest BCUT2D eigenvalue weighted by molar-refractivity contribution is 6.30. The maximum Gasteiger partial charge on any atom is 0.270 e. The van der Waals surface area contributed by atoms with E-state index in [0.29, 0.717) is 22.1 Å². The number of hydrogen-bond donors (Lipinski definition) is 1. The minimum atomic E-state index is -0.149. The van der Waals surface area contributed by atoms with Crippen LogP contribution in [0.2, 0.25) is 5.02 Å². The van der Waals surface area contributed by atoms with E-state index >= 15 is 0 Å². The third kappa shape index (κ3) is 2.70. The molecular formula is C17H16ClN3O. The summed E-state index contributed by atoms with van der Waals surface area (Å²) in [6.07, 6.45) is 1.76. The zero-order valence-corrected chi connectivity index (χ0v) is 13.1. The van der Waals surface area contributed by atoms with Crippen LogP contribution in [0, 0.1) is 6.92 Å². The highest BCUT2D eigenvalue weighted by Gasteiger charge is 2.18. The van der Waals surface area contributed by atoms with E-state index in [4.69, 9.17) is 11.6 Å². The second kappa shape index (κ2) is 5.81. The van der Waals surface area contributed by atoms with E-state index in [1.165, 1.54) is 0 Å². The maximum atomic E-state index is 12.6. The van der Waals surface area contributed by atoms with Gasteiger partial charge in [0, 0.05) is 17.3 Å². The topological polar surface area (TPSA) is 46.4 Å². The Bertz CT molecular complexity index is 827. The fourth-order valence-electron chi connectivity index (χ4n) is 2.50. The summed E-state index contributed by atoms with van der Waals surface area (Å²) < 4.78 is 1.76. The van der Waals surface area contributed by atoms with Crippen molar-refractivity contribution >= 4 is 23.2 Å². The molecule has 22 heavy (non-hydrogen) atoms. The Morgan fingerprint density at radius 3 is 2.73 bits per heavy atom. The number of carbonyl (C=O) groups excluding carboxylic acids is 1. The third-order valence-corrected chi connectivity index (χ3v) is 3.86. The number of benzene rings is 1. The van der Waals surface area contributed by atoms with Crippen LogP contribution in [0.25, 0.3) is 5.65 Å². The van der Waals surface area contributed by atoms with Crippen LogP contribution in [0.5, 0.6) is 0 Å². The fraction of sp³-hybridized carbons (Fsp3) is 0.176. The molecule has 3 aromatic rings. The molecular weight excluding hydrogens is 298 g/mol. The Balaban J connectivity index is 1.91. The van der Waals surface area contributed by atoms with Crippen LogP contribution in [-0.4, -0.2) is 15.3 Å². The molecule has 2 aromatic heterocycles. The van der Waals surface area contributed by atoms with Crippen molar-refractivity contribution in [2.45, 2.75) is 19.9 Å². The molecule has 0 aliphatic carbocycles. The third-order valence-electron chi connectivity index (χ3n) is 3.62. The molecule has 3 rings (SSSR count). The molecule has 0 saturated heterocycles. The molecule has 5 heteroatoms. The summed E-state index contributed by atoms with van der Waals surface area (Å²) in [5.74, 6) is -0.149. The molecule has 1 atom stereocenters. The standard InChI is InChI=1S/C17H16ClN3O/c1-11(13-6-4-3-5-7-13)20-17(22)16-12(2)19-15-10-14(18)8-9-21(15)16/h3-11H,1-2H3,(H,20,22). The van der Waals surface area contributed by atoms with Crippen LogP contribution in [0.1, 0.15) is 34.7 Å². The lowest BCUT2D eigenvalue weighted by atomic mass is 10.1. The number of hydrogen-bond acceptors (Lipinski definition) is 2. The Morgan fingerprint density at radius 2 is 2.00 bits per heavy atom. The number of fused-ring (bicyclic) bond motifs is 1. The zero-order chi connectivity index (χ0) is 15.7. The van der Waals surface area contributed by atoms with Gasteiger partial charge >= 0.3 is 0 Å². The predicted molar refractivity (Wildman–Crippen MR) is 87.3 cm³/mol. The van der Waals surface area contributed by atoms with Gasteiger partial charge in [-0.3, -0.25) is 9.20 Å². The summed E-state index contributed by atoms with van der Waals surface area (Å²) in [5.41, 5.74) is 2.95. The van der Waals surface area contributed by atoms with Crippen molar-refractivity contribution < 1.29 is 4.79 Å². The van der Waals surface area contributed by atoms with Gasteiger partial charge in [-0.15, -0.1) is 0 Å². The molecule has 0 radical (unpaired) electrons. The fourth-order valence-corrected chi connectivity index (χ4v) is 2.66. The maximum absolute atomic E-state index is 12.6. The molecule has 0 aliphatic rings. The normalized spacial score (nSPS) is 12.3. The second-order valence-corrected chi connectivity index (χ2v) is 5.66. The van der Waals surface area contributed by atoms with E-state index in [2.05, 4.69) is 10.3 Å². The van der Waals surface area contributed by atoms with Crippen molar-refractivity contribution in [2.75, 3.05) is 0 Å². The number of aromatic nitrogens is 2. The Hall–Kier alpha value is -2.33. The molecule has 0 fully saturated rings. The Morgan fingerprint density at radius 1 is 1.27 bits per heavy atom. The molecule has 1 aromatic carbocycles. The van der Waals surface area contributed by atoms with Crippen LogP contribution in [0.3, 0.4) is 0 Å². The van der Waals surface area contributed by atoms with Crippen LogP contribution in [-0.2, 0) is 0 Å². The number of pyridine rings is 1. The van der Waals surface area contributed by atoms with Crippen LogP contribution in [0.15, 0.2) is 48.7 Å². The van der Waals surface area contributed by atoms with Crippen LogP contribution in [0.4, 0.5) is 0 Å². The zero-order valence-electron chi connectivity index (χ0n) is 12.4. The molecule has 112 valence electrons. The van der Waals surface area contributed by atoms with E-state index in [-0.39, 0.29) is 11.9 Å². The number of nitrogens with zero attached hydrogens (tertiary/aromatic N) is 2. The highest BCUT2D eigenvalue weighted by atomic mass is 35.5. The molecule has 1 unspecified atom stereocenters. The lowest BCUT2D eigenvalue weighted by Gasteiger charge is -2.14. The average Bonchev–Trinajstić information content (AvgIpc) is 2.83. The number of carbonyl (C=O) groups is 1. The number of imidazole rings is 1. The van der Waals surface area contributed by atoms with Crippen molar-refractivity contribution in [1.29, 1.82) is 0 Å². The van der Waals surface area contributed by atoms with E-state index in [1.54, 1.807) is 22.7 Å². The minimum absolute atomic E-state index is 0.0778. The van der Waals surface area contributed by atoms with Crippen molar-refractivity contribution in [3.05, 3.63) is 70.6 Å². The molecule has 2 heterocycles. The molecule has 0 saturated carbocycles. The number of nitrogens with one attached hydrogen (secondary N) is 1. The van der Waals surface area contributed by atoms with E-state index < -0.39 is 0 Å². The lowest BCUT2D eigenvalue weighted by molar-refractivity contribution is 0.0933. The first kappa shape index (κ1) is 14.6. The highest BCUT2D eigenvalue weighted by Crippen LogP contribution is 2.18. The van der Waals surface area contributed by atoms with Crippen molar-refractivity contribution in [2.24, 2.45) is 0 Å². The number of aryl methyl sites for hydroxylation is 1. The van der Waals surface area contributed by atoms with Gasteiger partial charge in [-0.05, 0) is 25.5 Å². The van der Waals surface area contributed by atoms with E-state index in [0.717, 1.165) is 5.56 Å². The average molecular weight is 314 g/mol. The Kier molecular flexibility index (Phi) is 3.86. The number of rotatable bonds is 3. The monoisotopic (exact) mass is 313 g/mol. The molecule has 0 aliphatic heterocycles. The minimum Gasteiger partial charge on any atom is -0.344 e. The van der Waals surface area contributed by atoms with Crippen molar-refractivity contribution in [1.82, 2.24) is 14.7 Å². The molecule has 0 bridgehead atoms. The van der Waals surface area contributed by atoms with Gasteiger partial charge in [0.1, 0.15) is 11.3 Å². The van der Waals surface area contributed by atoms with E-state index in [9.17, 15) is 4.79 Å². The Labute approximate surface area is 133 Å². The summed E-state index contributed by atoms with van der Waals surface area (Å²) in [7, 11) is 0. The number of amides is 1. The summed E-state index contributed by atoms with van der Waals surface area (Å²) in [6, 6.07) is 13.3. The first-order valence-electron chi connectivity index (χ1n) is 7.06. The first-order chi connectivity index (χ1) is 10.6. The molecule has 4 nitrogen and oxygen atoms in total. The van der Waals surface area contributed by atoms with Crippen LogP contribution >= 0.6 is 11.6 Å². The van der Waals surface area contributed by atoms with Gasteiger partial charge in [-0.1, -0.05) is 41.9 Å². The summed E-state index contributed by atoms with van der Waals surface area (Å²) in [5, 5.41) is 3.61. The van der Waals surface area contributed by atoms with Gasteiger partial charge in [-0.25, -0.2) is 4.98 Å². The van der Waals surface area contributed by atoms with Gasteiger partial charge in [0.15, 0.2) is 0 Å². The van der Waals surface area contributed by atoms with E-state index in [1.807, 2.05) is 44.2 Å². The SMILES string of the molecule is Cc1nc2cc(Cl)ccn2c1C(=O)NC(C)c1ccccc1. The largest absolute Gasteiger partial charge is 0.344 e. The number of halogens is 1. The summed E-state index contributed by atoms with van der Waals surface area (Å²) >= 11 is 5.97. The lowest BCUT2D eigenvalue weighted by Crippen LogP contribution is -2.28. The summed E-state index contributed by atoms with van der Waals surface area (Å²) in [4.78, 5) is 17.0. The van der Waals surface area contributed by atoms with Crippen LogP contribution < -0.4 is 5.32 Å². The second-order valence-electron chi connectivity index (χ2n) is 5.22. The summed E-state index contributed by atoms with van der Waals surface area (Å²) in [6.45, 7) is 3.78. The quantitative estimate of drug-likeness (QED) is 0.799. The predicted octanol–water partition coefficient (Wildman–Crippen LogP) is 3.79. The first-order valence-corrected chi connectivity index (χ1v) is 7.44. The van der Waals surface area contributed by atoms with Gasteiger partial charge in [0.05, 0.1) is 11.7 Å². The van der Waals surface area contributed by atoms with Crippen molar-refractivity contribution in [3.8, 4) is 0 Å².